The summed E-state index contributed by atoms with van der Waals surface area (Å²) >= 11 is 0. The van der Waals surface area contributed by atoms with Gasteiger partial charge in [0.15, 0.2) is 0 Å². The fourth-order valence-corrected chi connectivity index (χ4v) is 1.000. The lowest BCUT2D eigenvalue weighted by molar-refractivity contribution is 0.0995. The fourth-order valence-electron chi connectivity index (χ4n) is 1.000. The number of aliphatic hydroxyl groups is 1. The number of hydrogen-bond donors (Lipinski definition) is 2. The molecule has 0 aliphatic carbocycles. The van der Waals surface area contributed by atoms with Gasteiger partial charge in [-0.2, -0.15) is 0 Å². The molecule has 1 saturated heterocycles. The minimum Gasteiger partial charge on any atom is -0.396 e. The summed E-state index contributed by atoms with van der Waals surface area (Å²) in [6, 6.07) is 0. The van der Waals surface area contributed by atoms with E-state index in [1.165, 1.54) is 0 Å². The van der Waals surface area contributed by atoms with Crippen LogP contribution in [0.1, 0.15) is 6.42 Å². The first-order valence-corrected chi connectivity index (χ1v) is 3.22. The lowest BCUT2D eigenvalue weighted by Crippen LogP contribution is -2.34. The van der Waals surface area contributed by atoms with Gasteiger partial charge in [-0.15, -0.1) is 0 Å². The molecule has 1 rings (SSSR count). The van der Waals surface area contributed by atoms with E-state index in [0.29, 0.717) is 13.2 Å². The SMILES string of the molecule is NCC1(CO)CCOC1. The lowest BCUT2D eigenvalue weighted by atomic mass is 9.89. The van der Waals surface area contributed by atoms with Gasteiger partial charge in [-0.25, -0.2) is 0 Å². The maximum atomic E-state index is 8.86. The van der Waals surface area contributed by atoms with Crippen LogP contribution >= 0.6 is 0 Å². The number of aliphatic hydroxyl groups excluding tert-OH is 1. The van der Waals surface area contributed by atoms with Crippen molar-refractivity contribution >= 4 is 0 Å². The van der Waals surface area contributed by atoms with Crippen LogP contribution in [-0.2, 0) is 4.74 Å². The normalized spacial score (nSPS) is 35.3. The van der Waals surface area contributed by atoms with Crippen LogP contribution in [0.15, 0.2) is 0 Å². The quantitative estimate of drug-likeness (QED) is 0.523. The van der Waals surface area contributed by atoms with Gasteiger partial charge in [0.2, 0.25) is 0 Å². The summed E-state index contributed by atoms with van der Waals surface area (Å²) in [6.07, 6.45) is 0.903. The van der Waals surface area contributed by atoms with Gasteiger partial charge in [-0.1, -0.05) is 0 Å². The number of hydrogen-bond acceptors (Lipinski definition) is 3. The molecule has 1 fully saturated rings. The smallest absolute Gasteiger partial charge is 0.0557 e. The van der Waals surface area contributed by atoms with Crippen LogP contribution < -0.4 is 5.73 Å². The van der Waals surface area contributed by atoms with Crippen LogP contribution in [0.25, 0.3) is 0 Å². The average Bonchev–Trinajstić information content (AvgIpc) is 2.36. The highest BCUT2D eigenvalue weighted by atomic mass is 16.5. The van der Waals surface area contributed by atoms with Crippen molar-refractivity contribution in [1.82, 2.24) is 0 Å². The Bertz CT molecular complexity index is 83.1. The predicted octanol–water partition coefficient (Wildman–Crippen LogP) is -0.656. The summed E-state index contributed by atoms with van der Waals surface area (Å²) in [5.74, 6) is 0. The van der Waals surface area contributed by atoms with Crippen molar-refractivity contribution in [1.29, 1.82) is 0 Å². The van der Waals surface area contributed by atoms with E-state index in [9.17, 15) is 0 Å². The molecule has 3 N–H and O–H groups in total. The Morgan fingerprint density at radius 2 is 2.44 bits per heavy atom. The molecule has 1 atom stereocenters. The third kappa shape index (κ3) is 1.23. The van der Waals surface area contributed by atoms with Crippen molar-refractivity contribution < 1.29 is 9.84 Å². The third-order valence-corrected chi connectivity index (χ3v) is 1.95. The van der Waals surface area contributed by atoms with Gasteiger partial charge in [0.25, 0.3) is 0 Å². The van der Waals surface area contributed by atoms with Gasteiger partial charge >= 0.3 is 0 Å². The zero-order valence-corrected chi connectivity index (χ0v) is 5.47. The predicted molar refractivity (Wildman–Crippen MR) is 34.0 cm³/mol. The summed E-state index contributed by atoms with van der Waals surface area (Å²) < 4.78 is 5.10. The minimum atomic E-state index is -0.111. The van der Waals surface area contributed by atoms with Crippen LogP contribution in [0, 0.1) is 5.41 Å². The first kappa shape index (κ1) is 6.99. The summed E-state index contributed by atoms with van der Waals surface area (Å²) in [7, 11) is 0. The second-order valence-corrected chi connectivity index (χ2v) is 2.66. The van der Waals surface area contributed by atoms with Crippen molar-refractivity contribution in [2.24, 2.45) is 11.1 Å². The van der Waals surface area contributed by atoms with Crippen molar-refractivity contribution in [3.05, 3.63) is 0 Å². The van der Waals surface area contributed by atoms with Crippen molar-refractivity contribution in [2.75, 3.05) is 26.4 Å². The largest absolute Gasteiger partial charge is 0.396 e. The van der Waals surface area contributed by atoms with E-state index >= 15 is 0 Å². The molecule has 0 spiro atoms. The van der Waals surface area contributed by atoms with Crippen LogP contribution in [-0.4, -0.2) is 31.5 Å². The second kappa shape index (κ2) is 2.64. The summed E-state index contributed by atoms with van der Waals surface area (Å²) in [5.41, 5.74) is 5.33. The maximum absolute atomic E-state index is 8.86. The minimum absolute atomic E-state index is 0.111. The summed E-state index contributed by atoms with van der Waals surface area (Å²) in [4.78, 5) is 0. The van der Waals surface area contributed by atoms with Crippen LogP contribution in [0.5, 0.6) is 0 Å². The Labute approximate surface area is 54.8 Å². The molecule has 0 amide bonds. The number of ether oxygens (including phenoxy) is 1. The second-order valence-electron chi connectivity index (χ2n) is 2.66. The highest BCUT2D eigenvalue weighted by Gasteiger charge is 2.32. The molecule has 1 aliphatic rings. The summed E-state index contributed by atoms with van der Waals surface area (Å²) in [6.45, 7) is 2.06. The zero-order valence-electron chi connectivity index (χ0n) is 5.47. The van der Waals surface area contributed by atoms with Crippen LogP contribution in [0.3, 0.4) is 0 Å². The fraction of sp³-hybridized carbons (Fsp3) is 1.00. The molecule has 0 saturated carbocycles. The molecule has 0 aromatic heterocycles. The van der Waals surface area contributed by atoms with Gasteiger partial charge in [0, 0.05) is 18.6 Å². The van der Waals surface area contributed by atoms with Gasteiger partial charge in [0.05, 0.1) is 13.2 Å². The van der Waals surface area contributed by atoms with E-state index in [0.717, 1.165) is 13.0 Å². The molecule has 0 aromatic rings. The molecule has 9 heavy (non-hydrogen) atoms. The van der Waals surface area contributed by atoms with E-state index in [1.807, 2.05) is 0 Å². The van der Waals surface area contributed by atoms with Crippen molar-refractivity contribution in [3.8, 4) is 0 Å². The molecule has 1 aliphatic heterocycles. The van der Waals surface area contributed by atoms with Gasteiger partial charge in [-0.3, -0.25) is 0 Å². The maximum Gasteiger partial charge on any atom is 0.0557 e. The zero-order chi connectivity index (χ0) is 6.74. The molecule has 54 valence electrons. The molecule has 0 radical (unpaired) electrons. The monoisotopic (exact) mass is 131 g/mol. The van der Waals surface area contributed by atoms with Gasteiger partial charge in [0.1, 0.15) is 0 Å². The lowest BCUT2D eigenvalue weighted by Gasteiger charge is -2.21. The van der Waals surface area contributed by atoms with E-state index in [2.05, 4.69) is 0 Å². The first-order chi connectivity index (χ1) is 4.33. The Morgan fingerprint density at radius 3 is 2.67 bits per heavy atom. The Morgan fingerprint density at radius 1 is 1.67 bits per heavy atom. The van der Waals surface area contributed by atoms with E-state index < -0.39 is 0 Å². The third-order valence-electron chi connectivity index (χ3n) is 1.95. The highest BCUT2D eigenvalue weighted by molar-refractivity contribution is 4.82. The van der Waals surface area contributed by atoms with Crippen molar-refractivity contribution in [2.45, 2.75) is 6.42 Å². The van der Waals surface area contributed by atoms with Crippen LogP contribution in [0.2, 0.25) is 0 Å². The van der Waals surface area contributed by atoms with Crippen molar-refractivity contribution in [3.63, 3.8) is 0 Å². The molecule has 1 unspecified atom stereocenters. The number of rotatable bonds is 2. The highest BCUT2D eigenvalue weighted by Crippen LogP contribution is 2.25. The Kier molecular flexibility index (Phi) is 2.05. The molecule has 3 nitrogen and oxygen atoms in total. The Hall–Kier alpha value is -0.120. The molecule has 3 heteroatoms. The first-order valence-electron chi connectivity index (χ1n) is 3.22. The van der Waals surface area contributed by atoms with Gasteiger partial charge in [-0.05, 0) is 6.42 Å². The number of nitrogens with two attached hydrogens (primary N) is 1. The van der Waals surface area contributed by atoms with E-state index in [4.69, 9.17) is 15.6 Å². The molecular formula is C6H13NO2. The molecule has 1 heterocycles. The van der Waals surface area contributed by atoms with Gasteiger partial charge < -0.3 is 15.6 Å². The average molecular weight is 131 g/mol. The summed E-state index contributed by atoms with van der Waals surface area (Å²) in [5, 5.41) is 8.86. The topological polar surface area (TPSA) is 55.5 Å². The Balaban J connectivity index is 2.45. The molecule has 0 aromatic carbocycles. The van der Waals surface area contributed by atoms with E-state index in [-0.39, 0.29) is 12.0 Å². The van der Waals surface area contributed by atoms with Crippen LogP contribution in [0.4, 0.5) is 0 Å². The molecule has 0 bridgehead atoms. The standard InChI is InChI=1S/C6H13NO2/c7-3-6(4-8)1-2-9-5-6/h8H,1-5,7H2. The van der Waals surface area contributed by atoms with E-state index in [1.54, 1.807) is 0 Å². The molecular weight excluding hydrogens is 118 g/mol.